The SMILES string of the molecule is CCCCn1c(N)c(N(CCC(C)C)C(=O)c2ccco2)c(=O)[nH]c1=O. The Morgan fingerprint density at radius 3 is 2.69 bits per heavy atom. The van der Waals surface area contributed by atoms with Crippen LogP contribution in [-0.2, 0) is 6.54 Å². The van der Waals surface area contributed by atoms with Crippen molar-refractivity contribution in [3.8, 4) is 0 Å². The Morgan fingerprint density at radius 1 is 1.38 bits per heavy atom. The zero-order valence-corrected chi connectivity index (χ0v) is 15.4. The highest BCUT2D eigenvalue weighted by Crippen LogP contribution is 2.21. The topological polar surface area (TPSA) is 114 Å². The second-order valence-electron chi connectivity index (χ2n) is 6.61. The Hall–Kier alpha value is -2.77. The molecule has 2 aromatic heterocycles. The normalized spacial score (nSPS) is 11.1. The average Bonchev–Trinajstić information content (AvgIpc) is 3.11. The number of anilines is 2. The molecule has 2 aromatic rings. The van der Waals surface area contributed by atoms with Gasteiger partial charge in [-0.1, -0.05) is 27.2 Å². The third-order valence-corrected chi connectivity index (χ3v) is 4.13. The lowest BCUT2D eigenvalue weighted by Crippen LogP contribution is -2.41. The van der Waals surface area contributed by atoms with Crippen LogP contribution in [0.25, 0.3) is 0 Å². The molecule has 8 heteroatoms. The van der Waals surface area contributed by atoms with Crippen molar-refractivity contribution in [1.82, 2.24) is 9.55 Å². The minimum absolute atomic E-state index is 0.00383. The fourth-order valence-electron chi connectivity index (χ4n) is 2.61. The Labute approximate surface area is 151 Å². The summed E-state index contributed by atoms with van der Waals surface area (Å²) in [5, 5.41) is 0. The van der Waals surface area contributed by atoms with Crippen molar-refractivity contribution in [2.75, 3.05) is 17.2 Å². The second kappa shape index (κ2) is 8.55. The van der Waals surface area contributed by atoms with E-state index in [2.05, 4.69) is 4.98 Å². The third-order valence-electron chi connectivity index (χ3n) is 4.13. The van der Waals surface area contributed by atoms with Gasteiger partial charge in [0.2, 0.25) is 0 Å². The predicted molar refractivity (Wildman–Crippen MR) is 100 cm³/mol. The number of carbonyl (C=O) groups is 1. The van der Waals surface area contributed by atoms with Gasteiger partial charge in [-0.05, 0) is 30.9 Å². The molecule has 3 N–H and O–H groups in total. The van der Waals surface area contributed by atoms with Crippen LogP contribution in [0, 0.1) is 5.92 Å². The number of hydrogen-bond donors (Lipinski definition) is 2. The minimum atomic E-state index is -0.677. The van der Waals surface area contributed by atoms with Crippen molar-refractivity contribution in [1.29, 1.82) is 0 Å². The van der Waals surface area contributed by atoms with Crippen molar-refractivity contribution >= 4 is 17.4 Å². The summed E-state index contributed by atoms with van der Waals surface area (Å²) in [7, 11) is 0. The lowest BCUT2D eigenvalue weighted by Gasteiger charge is -2.24. The van der Waals surface area contributed by atoms with Crippen LogP contribution in [0.1, 0.15) is 50.6 Å². The maximum Gasteiger partial charge on any atom is 0.330 e. The molecule has 1 amide bonds. The number of nitrogens with zero attached hydrogens (tertiary/aromatic N) is 2. The van der Waals surface area contributed by atoms with E-state index in [0.29, 0.717) is 18.9 Å². The fraction of sp³-hybridized carbons (Fsp3) is 0.500. The van der Waals surface area contributed by atoms with Crippen LogP contribution in [0.2, 0.25) is 0 Å². The second-order valence-corrected chi connectivity index (χ2v) is 6.61. The summed E-state index contributed by atoms with van der Waals surface area (Å²) in [6.07, 6.45) is 3.65. The van der Waals surface area contributed by atoms with Gasteiger partial charge < -0.3 is 10.2 Å². The van der Waals surface area contributed by atoms with Crippen molar-refractivity contribution < 1.29 is 9.21 Å². The smallest absolute Gasteiger partial charge is 0.330 e. The molecular weight excluding hydrogens is 336 g/mol. The summed E-state index contributed by atoms with van der Waals surface area (Å²) in [5.74, 6) is -0.0449. The molecule has 0 spiro atoms. The summed E-state index contributed by atoms with van der Waals surface area (Å²) in [5.41, 5.74) is 4.88. The van der Waals surface area contributed by atoms with Gasteiger partial charge in [0.15, 0.2) is 11.4 Å². The lowest BCUT2D eigenvalue weighted by atomic mass is 10.1. The van der Waals surface area contributed by atoms with E-state index in [1.165, 1.54) is 21.8 Å². The Bertz CT molecular complexity index is 849. The van der Waals surface area contributed by atoms with E-state index in [0.717, 1.165) is 12.8 Å². The molecule has 0 aliphatic rings. The number of carbonyl (C=O) groups excluding carboxylic acids is 1. The molecule has 0 bridgehead atoms. The summed E-state index contributed by atoms with van der Waals surface area (Å²) in [6, 6.07) is 3.13. The molecule has 26 heavy (non-hydrogen) atoms. The van der Waals surface area contributed by atoms with Gasteiger partial charge in [0, 0.05) is 13.1 Å². The minimum Gasteiger partial charge on any atom is -0.459 e. The third kappa shape index (κ3) is 4.25. The van der Waals surface area contributed by atoms with E-state index in [4.69, 9.17) is 10.2 Å². The number of furan rings is 1. The molecule has 0 aliphatic carbocycles. The first-order valence-electron chi connectivity index (χ1n) is 8.84. The highest BCUT2D eigenvalue weighted by atomic mass is 16.3. The first-order chi connectivity index (χ1) is 12.4. The number of aromatic amines is 1. The van der Waals surface area contributed by atoms with Crippen molar-refractivity contribution in [2.45, 2.75) is 46.6 Å². The van der Waals surface area contributed by atoms with Gasteiger partial charge in [-0.3, -0.25) is 24.0 Å². The summed E-state index contributed by atoms with van der Waals surface area (Å²) >= 11 is 0. The van der Waals surface area contributed by atoms with E-state index in [9.17, 15) is 14.4 Å². The summed E-state index contributed by atoms with van der Waals surface area (Å²) in [6.45, 7) is 6.69. The zero-order chi connectivity index (χ0) is 19.3. The van der Waals surface area contributed by atoms with Crippen LogP contribution in [0.4, 0.5) is 11.5 Å². The van der Waals surface area contributed by atoms with Crippen LogP contribution in [-0.4, -0.2) is 22.0 Å². The molecule has 142 valence electrons. The Morgan fingerprint density at radius 2 is 2.12 bits per heavy atom. The number of hydrogen-bond acceptors (Lipinski definition) is 5. The maximum atomic E-state index is 12.9. The standard InChI is InChI=1S/C18H26N4O4/c1-4-5-9-22-15(19)14(16(23)20-18(22)25)21(10-8-12(2)3)17(24)13-7-6-11-26-13/h6-7,11-12H,4-5,8-10,19H2,1-3H3,(H,20,23,25). The molecule has 0 radical (unpaired) electrons. The molecule has 0 aliphatic heterocycles. The average molecular weight is 362 g/mol. The molecule has 0 atom stereocenters. The van der Waals surface area contributed by atoms with Gasteiger partial charge >= 0.3 is 5.69 Å². The van der Waals surface area contributed by atoms with Crippen molar-refractivity contribution in [2.24, 2.45) is 5.92 Å². The highest BCUT2D eigenvalue weighted by Gasteiger charge is 2.26. The molecule has 2 rings (SSSR count). The molecule has 0 saturated carbocycles. The van der Waals surface area contributed by atoms with Crippen LogP contribution >= 0.6 is 0 Å². The lowest BCUT2D eigenvalue weighted by molar-refractivity contribution is 0.0959. The van der Waals surface area contributed by atoms with E-state index in [1.54, 1.807) is 6.07 Å². The van der Waals surface area contributed by atoms with Crippen molar-refractivity contribution in [3.63, 3.8) is 0 Å². The van der Waals surface area contributed by atoms with E-state index >= 15 is 0 Å². The quantitative estimate of drug-likeness (QED) is 0.747. The number of rotatable bonds is 8. The van der Waals surface area contributed by atoms with Crippen LogP contribution < -0.4 is 21.9 Å². The zero-order valence-electron chi connectivity index (χ0n) is 15.4. The predicted octanol–water partition coefficient (Wildman–Crippen LogP) is 2.20. The number of amides is 1. The molecule has 8 nitrogen and oxygen atoms in total. The Kier molecular flexibility index (Phi) is 6.43. The largest absolute Gasteiger partial charge is 0.459 e. The number of H-pyrrole nitrogens is 1. The van der Waals surface area contributed by atoms with Gasteiger partial charge in [0.25, 0.3) is 11.5 Å². The monoisotopic (exact) mass is 362 g/mol. The first kappa shape index (κ1) is 19.6. The first-order valence-corrected chi connectivity index (χ1v) is 8.84. The van der Waals surface area contributed by atoms with Gasteiger partial charge in [-0.2, -0.15) is 0 Å². The summed E-state index contributed by atoms with van der Waals surface area (Å²) < 4.78 is 6.49. The number of nitrogens with two attached hydrogens (primary N) is 1. The highest BCUT2D eigenvalue weighted by molar-refractivity contribution is 6.05. The van der Waals surface area contributed by atoms with E-state index in [1.807, 2.05) is 20.8 Å². The van der Waals surface area contributed by atoms with Gasteiger partial charge in [-0.15, -0.1) is 0 Å². The van der Waals surface area contributed by atoms with Crippen LogP contribution in [0.15, 0.2) is 32.4 Å². The van der Waals surface area contributed by atoms with Gasteiger partial charge in [-0.25, -0.2) is 4.79 Å². The van der Waals surface area contributed by atoms with Crippen LogP contribution in [0.3, 0.4) is 0 Å². The number of nitrogens with one attached hydrogen (secondary N) is 1. The molecule has 2 heterocycles. The number of unbranched alkanes of at least 4 members (excludes halogenated alkanes) is 1. The Balaban J connectivity index is 2.54. The molecular formula is C18H26N4O4. The molecule has 0 saturated heterocycles. The number of nitrogen functional groups attached to an aromatic ring is 1. The van der Waals surface area contributed by atoms with Gasteiger partial charge in [0.1, 0.15) is 5.82 Å². The maximum absolute atomic E-state index is 12.9. The van der Waals surface area contributed by atoms with Crippen LogP contribution in [0.5, 0.6) is 0 Å². The van der Waals surface area contributed by atoms with E-state index < -0.39 is 17.2 Å². The molecule has 0 aromatic carbocycles. The molecule has 0 fully saturated rings. The summed E-state index contributed by atoms with van der Waals surface area (Å²) in [4.78, 5) is 41.0. The number of aromatic nitrogens is 2. The molecule has 0 unspecified atom stereocenters. The fourth-order valence-corrected chi connectivity index (χ4v) is 2.61. The van der Waals surface area contributed by atoms with Crippen molar-refractivity contribution in [3.05, 3.63) is 45.0 Å². The van der Waals surface area contributed by atoms with Gasteiger partial charge in [0.05, 0.1) is 6.26 Å². The van der Waals surface area contributed by atoms with E-state index in [-0.39, 0.29) is 23.8 Å².